The van der Waals surface area contributed by atoms with E-state index in [0.717, 1.165) is 29.8 Å². The van der Waals surface area contributed by atoms with Gasteiger partial charge in [-0.25, -0.2) is 0 Å². The highest BCUT2D eigenvalue weighted by atomic mass is 15.1. The molecule has 0 amide bonds. The number of nitrogen functional groups attached to an aromatic ring is 1. The van der Waals surface area contributed by atoms with Gasteiger partial charge >= 0.3 is 0 Å². The van der Waals surface area contributed by atoms with Crippen LogP contribution in [0.3, 0.4) is 0 Å². The highest BCUT2D eigenvalue weighted by Crippen LogP contribution is 2.48. The van der Waals surface area contributed by atoms with Crippen molar-refractivity contribution in [2.24, 2.45) is 0 Å². The molecule has 0 aliphatic heterocycles. The van der Waals surface area contributed by atoms with E-state index in [2.05, 4.69) is 6.07 Å². The van der Waals surface area contributed by atoms with Crippen LogP contribution in [0.1, 0.15) is 18.4 Å². The summed E-state index contributed by atoms with van der Waals surface area (Å²) in [6.07, 6.45) is 1.93. The molecule has 2 N–H and O–H groups in total. The maximum Gasteiger partial charge on any atom is 0.0824 e. The first-order chi connectivity index (χ1) is 7.09. The predicted molar refractivity (Wildman–Crippen MR) is 61.7 cm³/mol. The Hall–Kier alpha value is -1.69. The molecule has 78 valence electrons. The van der Waals surface area contributed by atoms with Crippen LogP contribution in [0.2, 0.25) is 0 Å². The third kappa shape index (κ3) is 1.52. The van der Waals surface area contributed by atoms with Gasteiger partial charge in [-0.2, -0.15) is 5.26 Å². The zero-order chi connectivity index (χ0) is 11.1. The quantitative estimate of drug-likeness (QED) is 0.743. The van der Waals surface area contributed by atoms with Gasteiger partial charge < -0.3 is 10.6 Å². The number of hydrogen-bond acceptors (Lipinski definition) is 3. The minimum Gasteiger partial charge on any atom is -0.397 e. The van der Waals surface area contributed by atoms with Gasteiger partial charge in [-0.05, 0) is 30.5 Å². The van der Waals surface area contributed by atoms with Crippen LogP contribution in [0.15, 0.2) is 18.2 Å². The molecule has 0 saturated heterocycles. The average Bonchev–Trinajstić information content (AvgIpc) is 2.97. The molecule has 1 aromatic rings. The molecule has 0 radical (unpaired) electrons. The van der Waals surface area contributed by atoms with Crippen LogP contribution in [0.5, 0.6) is 0 Å². The number of rotatable bonds is 2. The van der Waals surface area contributed by atoms with E-state index in [0.29, 0.717) is 0 Å². The molecule has 1 aliphatic carbocycles. The lowest BCUT2D eigenvalue weighted by atomic mass is 9.97. The third-order valence-electron chi connectivity index (χ3n) is 3.03. The van der Waals surface area contributed by atoms with Crippen molar-refractivity contribution < 1.29 is 0 Å². The van der Waals surface area contributed by atoms with Crippen LogP contribution < -0.4 is 10.6 Å². The number of benzene rings is 1. The van der Waals surface area contributed by atoms with Gasteiger partial charge in [0.2, 0.25) is 0 Å². The van der Waals surface area contributed by atoms with Gasteiger partial charge in [-0.3, -0.25) is 0 Å². The number of hydrogen-bond donors (Lipinski definition) is 1. The maximum atomic E-state index is 9.08. The van der Waals surface area contributed by atoms with Crippen LogP contribution in [-0.4, -0.2) is 14.1 Å². The van der Waals surface area contributed by atoms with Gasteiger partial charge in [-0.15, -0.1) is 0 Å². The summed E-state index contributed by atoms with van der Waals surface area (Å²) in [6.45, 7) is 0. The summed E-state index contributed by atoms with van der Waals surface area (Å²) in [5.41, 5.74) is 8.53. The topological polar surface area (TPSA) is 53.0 Å². The minimum atomic E-state index is -0.237. The first-order valence-electron chi connectivity index (χ1n) is 5.08. The Morgan fingerprint density at radius 3 is 2.47 bits per heavy atom. The molecule has 1 saturated carbocycles. The number of anilines is 2. The zero-order valence-corrected chi connectivity index (χ0v) is 9.12. The largest absolute Gasteiger partial charge is 0.397 e. The molecule has 1 fully saturated rings. The number of nitrogens with zero attached hydrogens (tertiary/aromatic N) is 2. The van der Waals surface area contributed by atoms with Crippen LogP contribution in [-0.2, 0) is 5.41 Å². The normalized spacial score (nSPS) is 16.9. The summed E-state index contributed by atoms with van der Waals surface area (Å²) >= 11 is 0. The second-order valence-electron chi connectivity index (χ2n) is 4.36. The van der Waals surface area contributed by atoms with Gasteiger partial charge in [-0.1, -0.05) is 6.07 Å². The van der Waals surface area contributed by atoms with Gasteiger partial charge in [0, 0.05) is 14.1 Å². The molecule has 15 heavy (non-hydrogen) atoms. The van der Waals surface area contributed by atoms with Crippen molar-refractivity contribution in [1.82, 2.24) is 0 Å². The monoisotopic (exact) mass is 201 g/mol. The summed E-state index contributed by atoms with van der Waals surface area (Å²) in [7, 11) is 3.92. The van der Waals surface area contributed by atoms with Crippen molar-refractivity contribution in [3.63, 3.8) is 0 Å². The van der Waals surface area contributed by atoms with Crippen molar-refractivity contribution in [2.75, 3.05) is 24.7 Å². The Kier molecular flexibility index (Phi) is 2.08. The van der Waals surface area contributed by atoms with Crippen molar-refractivity contribution in [1.29, 1.82) is 5.26 Å². The molecule has 3 heteroatoms. The van der Waals surface area contributed by atoms with Crippen molar-refractivity contribution in [3.05, 3.63) is 23.8 Å². The highest BCUT2D eigenvalue weighted by molar-refractivity contribution is 5.69. The maximum absolute atomic E-state index is 9.08. The van der Waals surface area contributed by atoms with E-state index in [1.807, 2.05) is 37.2 Å². The first-order valence-corrected chi connectivity index (χ1v) is 5.08. The lowest BCUT2D eigenvalue weighted by Crippen LogP contribution is -2.12. The summed E-state index contributed by atoms with van der Waals surface area (Å²) in [4.78, 5) is 1.98. The molecule has 1 aromatic carbocycles. The van der Waals surface area contributed by atoms with E-state index in [1.54, 1.807) is 0 Å². The van der Waals surface area contributed by atoms with Gasteiger partial charge in [0.05, 0.1) is 22.9 Å². The minimum absolute atomic E-state index is 0.237. The van der Waals surface area contributed by atoms with Crippen LogP contribution in [0, 0.1) is 11.3 Å². The molecule has 0 unspecified atom stereocenters. The fourth-order valence-electron chi connectivity index (χ4n) is 1.85. The molecule has 0 spiro atoms. The van der Waals surface area contributed by atoms with Crippen LogP contribution in [0.25, 0.3) is 0 Å². The fraction of sp³-hybridized carbons (Fsp3) is 0.417. The molecule has 0 atom stereocenters. The fourth-order valence-corrected chi connectivity index (χ4v) is 1.85. The summed E-state index contributed by atoms with van der Waals surface area (Å²) in [5.74, 6) is 0. The molecule has 2 rings (SSSR count). The van der Waals surface area contributed by atoms with E-state index < -0.39 is 0 Å². The van der Waals surface area contributed by atoms with Gasteiger partial charge in [0.25, 0.3) is 0 Å². The van der Waals surface area contributed by atoms with Crippen molar-refractivity contribution in [2.45, 2.75) is 18.3 Å². The van der Waals surface area contributed by atoms with E-state index in [9.17, 15) is 0 Å². The Bertz CT molecular complexity index is 425. The second-order valence-corrected chi connectivity index (χ2v) is 4.36. The van der Waals surface area contributed by atoms with Crippen LogP contribution in [0.4, 0.5) is 11.4 Å². The Morgan fingerprint density at radius 1 is 1.40 bits per heavy atom. The van der Waals surface area contributed by atoms with Crippen LogP contribution >= 0.6 is 0 Å². The van der Waals surface area contributed by atoms with E-state index >= 15 is 0 Å². The molecule has 3 nitrogen and oxygen atoms in total. The summed E-state index contributed by atoms with van der Waals surface area (Å²) < 4.78 is 0. The summed E-state index contributed by atoms with van der Waals surface area (Å²) in [5, 5.41) is 9.08. The second kappa shape index (κ2) is 3.16. The van der Waals surface area contributed by atoms with Gasteiger partial charge in [0.15, 0.2) is 0 Å². The molecular formula is C12H15N3. The molecule has 0 aromatic heterocycles. The number of nitriles is 1. The molecular weight excluding hydrogens is 186 g/mol. The zero-order valence-electron chi connectivity index (χ0n) is 9.12. The smallest absolute Gasteiger partial charge is 0.0824 e. The van der Waals surface area contributed by atoms with E-state index in [4.69, 9.17) is 11.0 Å². The average molecular weight is 201 g/mol. The first kappa shape index (κ1) is 9.85. The predicted octanol–water partition coefficient (Wildman–Crippen LogP) is 1.89. The van der Waals surface area contributed by atoms with Crippen molar-refractivity contribution in [3.8, 4) is 6.07 Å². The SMILES string of the molecule is CN(C)c1ccc(C2(C#N)CC2)cc1N. The highest BCUT2D eigenvalue weighted by Gasteiger charge is 2.44. The summed E-state index contributed by atoms with van der Waals surface area (Å²) in [6, 6.07) is 8.32. The molecule has 0 bridgehead atoms. The third-order valence-corrected chi connectivity index (χ3v) is 3.03. The van der Waals surface area contributed by atoms with E-state index in [-0.39, 0.29) is 5.41 Å². The Morgan fingerprint density at radius 2 is 2.07 bits per heavy atom. The molecule has 0 heterocycles. The Labute approximate surface area is 90.1 Å². The van der Waals surface area contributed by atoms with Crippen molar-refractivity contribution >= 4 is 11.4 Å². The lowest BCUT2D eigenvalue weighted by molar-refractivity contribution is 0.908. The van der Waals surface area contributed by atoms with Gasteiger partial charge in [0.1, 0.15) is 0 Å². The lowest BCUT2D eigenvalue weighted by Gasteiger charge is -2.17. The molecule has 1 aliphatic rings. The Balaban J connectivity index is 2.39. The number of nitrogens with two attached hydrogens (primary N) is 1. The standard InChI is InChI=1S/C12H15N3/c1-15(2)11-4-3-9(7-10(11)14)12(8-13)5-6-12/h3-4,7H,5-6,14H2,1-2H3. The van der Waals surface area contributed by atoms with E-state index in [1.165, 1.54) is 0 Å².